The zero-order valence-electron chi connectivity index (χ0n) is 12.8. The number of carbonyl (C=O) groups is 1. The van der Waals surface area contributed by atoms with E-state index >= 15 is 0 Å². The zero-order valence-corrected chi connectivity index (χ0v) is 14.4. The molecule has 3 aromatic rings. The van der Waals surface area contributed by atoms with Crippen molar-refractivity contribution in [2.24, 2.45) is 0 Å². The van der Waals surface area contributed by atoms with Crippen LogP contribution in [0.25, 0.3) is 21.3 Å². The third-order valence-electron chi connectivity index (χ3n) is 3.49. The van der Waals surface area contributed by atoms with Gasteiger partial charge in [-0.2, -0.15) is 0 Å². The number of carboxylic acid groups (broad SMARTS) is 1. The second-order valence-corrected chi connectivity index (χ2v) is 7.72. The van der Waals surface area contributed by atoms with Gasteiger partial charge < -0.3 is 10.1 Å². The van der Waals surface area contributed by atoms with Crippen LogP contribution in [0.4, 0.5) is 4.39 Å². The van der Waals surface area contributed by atoms with Crippen molar-refractivity contribution in [2.45, 2.75) is 24.3 Å². The van der Waals surface area contributed by atoms with E-state index in [1.165, 1.54) is 30.4 Å². The molecule has 1 atom stereocenters. The number of aliphatic carboxylic acids is 1. The molecule has 124 valence electrons. The number of hydrogen-bond acceptors (Lipinski definition) is 5. The van der Waals surface area contributed by atoms with Gasteiger partial charge >= 0.3 is 5.97 Å². The summed E-state index contributed by atoms with van der Waals surface area (Å²) in [5, 5.41) is 8.97. The van der Waals surface area contributed by atoms with E-state index in [4.69, 9.17) is 5.11 Å². The molecule has 3 rings (SSSR count). The topological polar surface area (TPSA) is 83.0 Å². The van der Waals surface area contributed by atoms with Gasteiger partial charge in [0.05, 0.1) is 5.39 Å². The van der Waals surface area contributed by atoms with Crippen LogP contribution in [0, 0.1) is 12.7 Å². The second kappa shape index (κ2) is 6.37. The first-order valence-corrected chi connectivity index (χ1v) is 8.75. The van der Waals surface area contributed by atoms with E-state index in [9.17, 15) is 14.0 Å². The Bertz CT molecular complexity index is 979. The minimum absolute atomic E-state index is 0.273. The van der Waals surface area contributed by atoms with Gasteiger partial charge in [0.2, 0.25) is 0 Å². The highest BCUT2D eigenvalue weighted by molar-refractivity contribution is 8.00. The minimum Gasteiger partial charge on any atom is -0.480 e. The van der Waals surface area contributed by atoms with E-state index in [-0.39, 0.29) is 16.5 Å². The number of hydrogen-bond donors (Lipinski definition) is 2. The highest BCUT2D eigenvalue weighted by Gasteiger charge is 2.19. The molecule has 0 spiro atoms. The molecule has 2 aromatic heterocycles. The SMILES string of the molecule is Cc1sc2nc(SC(C)C(=O)O)[nH]c(=O)c2c1-c1ccc(F)cc1. The molecule has 2 N–H and O–H groups in total. The fourth-order valence-corrected chi connectivity index (χ4v) is 4.17. The molecule has 5 nitrogen and oxygen atoms in total. The van der Waals surface area contributed by atoms with Crippen molar-refractivity contribution < 1.29 is 14.3 Å². The lowest BCUT2D eigenvalue weighted by atomic mass is 10.0. The van der Waals surface area contributed by atoms with E-state index in [0.717, 1.165) is 27.8 Å². The maximum absolute atomic E-state index is 13.1. The van der Waals surface area contributed by atoms with Crippen LogP contribution in [0.2, 0.25) is 0 Å². The fraction of sp³-hybridized carbons (Fsp3) is 0.188. The molecule has 0 fully saturated rings. The number of H-pyrrole nitrogens is 1. The smallest absolute Gasteiger partial charge is 0.316 e. The summed E-state index contributed by atoms with van der Waals surface area (Å²) in [6, 6.07) is 5.94. The monoisotopic (exact) mass is 364 g/mol. The number of carboxylic acids is 1. The number of fused-ring (bicyclic) bond motifs is 1. The molecular formula is C16H13FN2O3S2. The average molecular weight is 364 g/mol. The van der Waals surface area contributed by atoms with Gasteiger partial charge in [-0.3, -0.25) is 9.59 Å². The molecule has 0 saturated heterocycles. The van der Waals surface area contributed by atoms with Crippen molar-refractivity contribution in [1.29, 1.82) is 0 Å². The summed E-state index contributed by atoms with van der Waals surface area (Å²) in [4.78, 5) is 31.9. The molecule has 0 amide bonds. The van der Waals surface area contributed by atoms with Gasteiger partial charge in [-0.15, -0.1) is 11.3 Å². The summed E-state index contributed by atoms with van der Waals surface area (Å²) >= 11 is 2.34. The summed E-state index contributed by atoms with van der Waals surface area (Å²) in [5.41, 5.74) is 1.14. The van der Waals surface area contributed by atoms with E-state index in [0.29, 0.717) is 10.2 Å². The number of benzene rings is 1. The summed E-state index contributed by atoms with van der Waals surface area (Å²) in [7, 11) is 0. The molecule has 24 heavy (non-hydrogen) atoms. The number of thiophene rings is 1. The van der Waals surface area contributed by atoms with Crippen LogP contribution in [0.5, 0.6) is 0 Å². The Hall–Kier alpha value is -2.19. The van der Waals surface area contributed by atoms with Crippen LogP contribution in [0.15, 0.2) is 34.2 Å². The van der Waals surface area contributed by atoms with E-state index < -0.39 is 11.2 Å². The summed E-state index contributed by atoms with van der Waals surface area (Å²) in [5.74, 6) is -1.32. The average Bonchev–Trinajstić information content (AvgIpc) is 2.84. The molecule has 0 aliphatic heterocycles. The number of nitrogens with zero attached hydrogens (tertiary/aromatic N) is 1. The van der Waals surface area contributed by atoms with Crippen molar-refractivity contribution in [3.05, 3.63) is 45.3 Å². The molecular weight excluding hydrogens is 351 g/mol. The minimum atomic E-state index is -0.975. The fourth-order valence-electron chi connectivity index (χ4n) is 2.34. The number of nitrogens with one attached hydrogen (secondary N) is 1. The summed E-state index contributed by atoms with van der Waals surface area (Å²) < 4.78 is 13.1. The third-order valence-corrected chi connectivity index (χ3v) is 5.46. The van der Waals surface area contributed by atoms with Gasteiger partial charge in [-0.05, 0) is 31.5 Å². The first-order valence-electron chi connectivity index (χ1n) is 7.05. The van der Waals surface area contributed by atoms with E-state index in [1.54, 1.807) is 12.1 Å². The highest BCUT2D eigenvalue weighted by Crippen LogP contribution is 2.36. The third kappa shape index (κ3) is 3.07. The van der Waals surface area contributed by atoms with Crippen LogP contribution >= 0.6 is 23.1 Å². The van der Waals surface area contributed by atoms with E-state index in [2.05, 4.69) is 9.97 Å². The lowest BCUT2D eigenvalue weighted by Gasteiger charge is -2.05. The van der Waals surface area contributed by atoms with E-state index in [1.807, 2.05) is 6.92 Å². The highest BCUT2D eigenvalue weighted by atomic mass is 32.2. The van der Waals surface area contributed by atoms with Crippen LogP contribution in [-0.2, 0) is 4.79 Å². The second-order valence-electron chi connectivity index (χ2n) is 5.19. The normalized spacial score (nSPS) is 12.5. The Morgan fingerprint density at radius 2 is 2.04 bits per heavy atom. The standard InChI is InChI=1S/C16H13FN2O3S2/c1-7-11(9-3-5-10(17)6-4-9)12-13(20)18-16(19-14(12)23-7)24-8(2)15(21)22/h3-6,8H,1-2H3,(H,21,22)(H,18,19,20). The zero-order chi connectivity index (χ0) is 17.4. The van der Waals surface area contributed by atoms with Crippen LogP contribution in [-0.4, -0.2) is 26.3 Å². The van der Waals surface area contributed by atoms with Crippen LogP contribution < -0.4 is 5.56 Å². The molecule has 2 heterocycles. The Kier molecular flexibility index (Phi) is 4.42. The number of aryl methyl sites for hydroxylation is 1. The molecule has 0 radical (unpaired) electrons. The maximum Gasteiger partial charge on any atom is 0.316 e. The number of thioether (sulfide) groups is 1. The number of halogens is 1. The van der Waals surface area contributed by atoms with Crippen molar-refractivity contribution in [3.63, 3.8) is 0 Å². The predicted molar refractivity (Wildman–Crippen MR) is 93.3 cm³/mol. The van der Waals surface area contributed by atoms with Gasteiger partial charge in [0.25, 0.3) is 5.56 Å². The Morgan fingerprint density at radius 3 is 2.67 bits per heavy atom. The Balaban J connectivity index is 2.13. The summed E-state index contributed by atoms with van der Waals surface area (Å²) in [6.45, 7) is 3.40. The number of aromatic amines is 1. The molecule has 0 bridgehead atoms. The van der Waals surface area contributed by atoms with Gasteiger partial charge in [0.15, 0.2) is 5.16 Å². The van der Waals surface area contributed by atoms with Crippen LogP contribution in [0.3, 0.4) is 0 Å². The molecule has 1 aromatic carbocycles. The largest absolute Gasteiger partial charge is 0.480 e. The van der Waals surface area contributed by atoms with Crippen molar-refractivity contribution in [3.8, 4) is 11.1 Å². The molecule has 0 aliphatic rings. The number of aromatic nitrogens is 2. The van der Waals surface area contributed by atoms with Crippen molar-refractivity contribution in [1.82, 2.24) is 9.97 Å². The maximum atomic E-state index is 13.1. The summed E-state index contributed by atoms with van der Waals surface area (Å²) in [6.07, 6.45) is 0. The molecule has 0 aliphatic carbocycles. The van der Waals surface area contributed by atoms with Crippen LogP contribution in [0.1, 0.15) is 11.8 Å². The first-order chi connectivity index (χ1) is 11.4. The molecule has 1 unspecified atom stereocenters. The van der Waals surface area contributed by atoms with Crippen molar-refractivity contribution in [2.75, 3.05) is 0 Å². The van der Waals surface area contributed by atoms with Crippen molar-refractivity contribution >= 4 is 39.3 Å². The lowest BCUT2D eigenvalue weighted by molar-refractivity contribution is -0.136. The lowest BCUT2D eigenvalue weighted by Crippen LogP contribution is -2.14. The van der Waals surface area contributed by atoms with Gasteiger partial charge in [-0.1, -0.05) is 23.9 Å². The first kappa shape index (κ1) is 16.7. The molecule has 8 heteroatoms. The molecule has 0 saturated carbocycles. The quantitative estimate of drug-likeness (QED) is 0.545. The van der Waals surface area contributed by atoms with Gasteiger partial charge in [-0.25, -0.2) is 9.37 Å². The Morgan fingerprint density at radius 1 is 1.38 bits per heavy atom. The van der Waals surface area contributed by atoms with Gasteiger partial charge in [0.1, 0.15) is 15.9 Å². The Labute approximate surface area is 144 Å². The number of rotatable bonds is 4. The van der Waals surface area contributed by atoms with Gasteiger partial charge in [0, 0.05) is 10.4 Å². The predicted octanol–water partition coefficient (Wildman–Crippen LogP) is 3.66.